The third kappa shape index (κ3) is 12.8. The molecule has 4 N–H and O–H groups in total. The first-order valence-electron chi connectivity index (χ1n) is 23.4. The summed E-state index contributed by atoms with van der Waals surface area (Å²) in [5.74, 6) is -0.0935. The van der Waals surface area contributed by atoms with Crippen LogP contribution in [0.3, 0.4) is 0 Å². The molecule has 2 fully saturated rings. The van der Waals surface area contributed by atoms with Gasteiger partial charge in [-0.1, -0.05) is 68.2 Å². The summed E-state index contributed by atoms with van der Waals surface area (Å²) in [6, 6.07) is 14.8. The number of ether oxygens (including phenoxy) is 3. The second kappa shape index (κ2) is 23.3. The van der Waals surface area contributed by atoms with Gasteiger partial charge < -0.3 is 45.1 Å². The molecule has 71 heavy (non-hydrogen) atoms. The van der Waals surface area contributed by atoms with E-state index in [4.69, 9.17) is 37.4 Å². The van der Waals surface area contributed by atoms with Crippen molar-refractivity contribution in [2.75, 3.05) is 65.4 Å². The van der Waals surface area contributed by atoms with Crippen molar-refractivity contribution in [2.45, 2.75) is 78.1 Å². The Balaban J connectivity index is 0.856. The predicted molar refractivity (Wildman–Crippen MR) is 273 cm³/mol. The smallest absolute Gasteiger partial charge is 0.246 e. The Morgan fingerprint density at radius 2 is 1.69 bits per heavy atom. The number of halogens is 2. The van der Waals surface area contributed by atoms with E-state index < -0.39 is 35.4 Å². The normalized spacial score (nSPS) is 16.6. The average molecular weight is 1030 g/mol. The first kappa shape index (κ1) is 52.6. The molecule has 5 aromatic rings. The number of benzene rings is 3. The Bertz CT molecular complexity index is 2790. The summed E-state index contributed by atoms with van der Waals surface area (Å²) in [5.41, 5.74) is 5.76. The van der Waals surface area contributed by atoms with E-state index in [0.717, 1.165) is 28.2 Å². The molecule has 2 aliphatic heterocycles. The third-order valence-electron chi connectivity index (χ3n) is 12.7. The predicted octanol–water partition coefficient (Wildman–Crippen LogP) is 7.11. The summed E-state index contributed by atoms with van der Waals surface area (Å²) >= 11 is 14.3. The van der Waals surface area contributed by atoms with Crippen LogP contribution in [0.25, 0.3) is 21.3 Å². The van der Waals surface area contributed by atoms with Gasteiger partial charge in [-0.25, -0.2) is 4.98 Å². The molecule has 17 nitrogen and oxygen atoms in total. The molecule has 4 heterocycles. The molecular formula is C51H59Cl2N9O8S. The number of nitriles is 1. The number of anilines is 2. The Morgan fingerprint density at radius 1 is 0.958 bits per heavy atom. The Morgan fingerprint density at radius 3 is 2.35 bits per heavy atom. The number of hydrogen-bond donors (Lipinski definition) is 4. The molecular weight excluding hydrogens is 970 g/mol. The number of fused-ring (bicyclic) bond motifs is 1. The third-order valence-corrected chi connectivity index (χ3v) is 14.2. The number of methoxy groups -OCH3 is 2. The topological polar surface area (TPSA) is 212 Å². The van der Waals surface area contributed by atoms with Crippen molar-refractivity contribution in [3.05, 3.63) is 87.1 Å². The molecule has 0 spiro atoms. The standard InChI is InChI=1S/C51H59Cl2N9O8S/c1-30-47(71-29-57-30)32-10-8-31(9-11-32)26-56-49(66)40-20-34(63)28-62(40)50(67)48(51(2,3)4)59-44(64)12-13-45(65)61-17-15-60(16-18-61)14-7-19-70-43-23-38-35(21-42(43)69-6)46(33(25-54)27-55-38)58-39-24-41(68-5)37(53)22-36(39)52/h8-11,21-24,27,29,34,40,48,63H,7,12-20,26,28H2,1-6H3,(H,55,58)(H,56,66)(H,59,64). The number of aromatic nitrogens is 2. The zero-order chi connectivity index (χ0) is 51.0. The number of aryl methyl sites for hydroxylation is 1. The van der Waals surface area contributed by atoms with Gasteiger partial charge in [0.1, 0.15) is 23.9 Å². The average Bonchev–Trinajstić information content (AvgIpc) is 3.98. The maximum Gasteiger partial charge on any atom is 0.246 e. The zero-order valence-electron chi connectivity index (χ0n) is 40.6. The minimum Gasteiger partial charge on any atom is -0.495 e. The maximum atomic E-state index is 14.1. The highest BCUT2D eigenvalue weighted by atomic mass is 35.5. The highest BCUT2D eigenvalue weighted by Crippen LogP contribution is 2.41. The lowest BCUT2D eigenvalue weighted by Gasteiger charge is -2.36. The molecule has 4 amide bonds. The van der Waals surface area contributed by atoms with E-state index in [1.54, 1.807) is 46.0 Å². The molecule has 0 radical (unpaired) electrons. The molecule has 2 aliphatic rings. The van der Waals surface area contributed by atoms with Crippen LogP contribution >= 0.6 is 34.5 Å². The van der Waals surface area contributed by atoms with Gasteiger partial charge in [0.15, 0.2) is 11.5 Å². The minimum atomic E-state index is -1.00. The van der Waals surface area contributed by atoms with Crippen molar-refractivity contribution in [2.24, 2.45) is 5.41 Å². The van der Waals surface area contributed by atoms with E-state index in [0.29, 0.717) is 94.3 Å². The number of β-amino-alcohol motifs (C(OH)–C–C–N with tert-alkyl or cyclic N) is 1. The van der Waals surface area contributed by atoms with Crippen LogP contribution in [0, 0.1) is 23.7 Å². The van der Waals surface area contributed by atoms with Gasteiger partial charge in [0.2, 0.25) is 23.6 Å². The molecule has 3 unspecified atom stereocenters. The van der Waals surface area contributed by atoms with Gasteiger partial charge in [0.25, 0.3) is 0 Å². The second-order valence-corrected chi connectivity index (χ2v) is 20.3. The van der Waals surface area contributed by atoms with E-state index in [1.807, 2.05) is 52.0 Å². The number of rotatable bonds is 18. The highest BCUT2D eigenvalue weighted by Gasteiger charge is 2.44. The molecule has 20 heteroatoms. The fourth-order valence-corrected chi connectivity index (χ4v) is 10.0. The number of nitrogens with zero attached hydrogens (tertiary/aromatic N) is 6. The number of likely N-dealkylation sites (tertiary alicyclic amines) is 1. The number of pyridine rings is 1. The van der Waals surface area contributed by atoms with Gasteiger partial charge in [0, 0.05) is 88.8 Å². The lowest BCUT2D eigenvalue weighted by molar-refractivity contribution is -0.144. The first-order chi connectivity index (χ1) is 34.0. The van der Waals surface area contributed by atoms with Crippen LogP contribution in [0.2, 0.25) is 10.0 Å². The van der Waals surface area contributed by atoms with Gasteiger partial charge in [-0.15, -0.1) is 11.3 Å². The molecule has 2 saturated heterocycles. The second-order valence-electron chi connectivity index (χ2n) is 18.6. The molecule has 3 aromatic carbocycles. The Kier molecular flexibility index (Phi) is 17.3. The number of hydrogen-bond acceptors (Lipinski definition) is 14. The number of aliphatic hydroxyl groups excluding tert-OH is 1. The van der Waals surface area contributed by atoms with Crippen molar-refractivity contribution >= 4 is 80.4 Å². The molecule has 0 aliphatic carbocycles. The van der Waals surface area contributed by atoms with Gasteiger partial charge in [0.05, 0.1) is 75.5 Å². The fraction of sp³-hybridized carbons (Fsp3) is 0.431. The van der Waals surface area contributed by atoms with E-state index in [9.17, 15) is 29.5 Å². The quantitative estimate of drug-likeness (QED) is 0.0646. The van der Waals surface area contributed by atoms with E-state index in [-0.39, 0.29) is 44.2 Å². The maximum absolute atomic E-state index is 14.1. The number of carbonyl (C=O) groups excluding carboxylic acids is 4. The fourth-order valence-electron chi connectivity index (χ4n) is 8.69. The van der Waals surface area contributed by atoms with Crippen LogP contribution < -0.4 is 30.2 Å². The van der Waals surface area contributed by atoms with Crippen LogP contribution in [-0.2, 0) is 25.7 Å². The lowest BCUT2D eigenvalue weighted by Crippen LogP contribution is -2.57. The largest absolute Gasteiger partial charge is 0.495 e. The first-order valence-corrected chi connectivity index (χ1v) is 25.0. The van der Waals surface area contributed by atoms with Gasteiger partial charge in [-0.3, -0.25) is 29.1 Å². The Hall–Kier alpha value is -6.23. The van der Waals surface area contributed by atoms with Crippen molar-refractivity contribution < 1.29 is 38.5 Å². The SMILES string of the molecule is COc1cc(Nc2c(C#N)cnc3cc(OCCCN4CCN(C(=O)CCC(=O)NC(C(=O)N5CC(O)CC5C(=O)NCc5ccc(-c6scnc6C)cc5)C(C)(C)C)CC4)c(OC)cc23)c(Cl)cc1Cl. The molecule has 0 bridgehead atoms. The minimum absolute atomic E-state index is 0.0234. The van der Waals surface area contributed by atoms with Crippen molar-refractivity contribution in [3.8, 4) is 33.8 Å². The van der Waals surface area contributed by atoms with Crippen molar-refractivity contribution in [1.29, 1.82) is 5.26 Å². The molecule has 376 valence electrons. The van der Waals surface area contributed by atoms with E-state index in [1.165, 1.54) is 25.3 Å². The molecule has 0 saturated carbocycles. The van der Waals surface area contributed by atoms with Crippen LogP contribution in [-0.4, -0.2) is 132 Å². The van der Waals surface area contributed by atoms with E-state index in [2.05, 4.69) is 36.9 Å². The van der Waals surface area contributed by atoms with Crippen molar-refractivity contribution in [1.82, 2.24) is 35.3 Å². The van der Waals surface area contributed by atoms with Gasteiger partial charge in [-0.2, -0.15) is 5.26 Å². The van der Waals surface area contributed by atoms with Crippen LogP contribution in [0.4, 0.5) is 11.4 Å². The summed E-state index contributed by atoms with van der Waals surface area (Å²) in [6.45, 7) is 11.0. The lowest BCUT2D eigenvalue weighted by atomic mass is 9.85. The number of nitrogens with one attached hydrogen (secondary N) is 3. The summed E-state index contributed by atoms with van der Waals surface area (Å²) in [5, 5.41) is 30.9. The van der Waals surface area contributed by atoms with Crippen LogP contribution in [0.5, 0.6) is 17.2 Å². The van der Waals surface area contributed by atoms with Gasteiger partial charge in [-0.05, 0) is 42.0 Å². The van der Waals surface area contributed by atoms with Crippen molar-refractivity contribution in [3.63, 3.8) is 0 Å². The van der Waals surface area contributed by atoms with E-state index >= 15 is 0 Å². The summed E-state index contributed by atoms with van der Waals surface area (Å²) in [6.07, 6.45) is 1.21. The number of carbonyl (C=O) groups is 4. The summed E-state index contributed by atoms with van der Waals surface area (Å²) < 4.78 is 17.2. The number of thiazole rings is 1. The Labute approximate surface area is 427 Å². The van der Waals surface area contributed by atoms with Crippen LogP contribution in [0.1, 0.15) is 63.3 Å². The summed E-state index contributed by atoms with van der Waals surface area (Å²) in [7, 11) is 3.04. The highest BCUT2D eigenvalue weighted by molar-refractivity contribution is 7.13. The van der Waals surface area contributed by atoms with Gasteiger partial charge >= 0.3 is 0 Å². The monoisotopic (exact) mass is 1030 g/mol. The molecule has 2 aromatic heterocycles. The number of aliphatic hydroxyl groups is 1. The molecule has 3 atom stereocenters. The summed E-state index contributed by atoms with van der Waals surface area (Å²) in [4.78, 5) is 69.6. The number of amides is 4. The zero-order valence-corrected chi connectivity index (χ0v) is 43.0. The molecule has 7 rings (SSSR count). The van der Waals surface area contributed by atoms with Crippen LogP contribution in [0.15, 0.2) is 60.2 Å². The number of piperazine rings is 1.